The number of anilines is 2. The number of aromatic nitrogens is 2. The summed E-state index contributed by atoms with van der Waals surface area (Å²) in [5, 5.41) is 7.82. The molecule has 0 aliphatic carbocycles. The molecule has 0 saturated heterocycles. The van der Waals surface area contributed by atoms with Gasteiger partial charge < -0.3 is 29.4 Å². The second-order valence-electron chi connectivity index (χ2n) is 8.49. The lowest BCUT2D eigenvalue weighted by atomic mass is 10.2. The minimum atomic E-state index is -4.82. The van der Waals surface area contributed by atoms with Gasteiger partial charge in [-0.1, -0.05) is 30.3 Å². The molecule has 0 spiro atoms. The van der Waals surface area contributed by atoms with Gasteiger partial charge in [-0.2, -0.15) is 0 Å². The zero-order valence-electron chi connectivity index (χ0n) is 21.8. The summed E-state index contributed by atoms with van der Waals surface area (Å²) in [4.78, 5) is 29.8. The minimum absolute atomic E-state index is 0.0409. The first-order chi connectivity index (χ1) is 19.7. The van der Waals surface area contributed by atoms with Gasteiger partial charge in [0.1, 0.15) is 23.9 Å². The van der Waals surface area contributed by atoms with E-state index in [2.05, 4.69) is 25.7 Å². The van der Waals surface area contributed by atoms with Crippen molar-refractivity contribution in [3.63, 3.8) is 0 Å². The molecule has 4 rings (SSSR count). The number of halogens is 3. The van der Waals surface area contributed by atoms with Crippen LogP contribution in [0.25, 0.3) is 0 Å². The van der Waals surface area contributed by atoms with Gasteiger partial charge in [0.2, 0.25) is 5.82 Å². The summed E-state index contributed by atoms with van der Waals surface area (Å²) in [6.07, 6.45) is -3.34. The molecule has 0 fully saturated rings. The maximum absolute atomic E-state index is 13.0. The molecule has 41 heavy (non-hydrogen) atoms. The van der Waals surface area contributed by atoms with Gasteiger partial charge in [0.15, 0.2) is 5.82 Å². The van der Waals surface area contributed by atoms with Gasteiger partial charge in [-0.15, -0.1) is 13.2 Å². The van der Waals surface area contributed by atoms with Crippen molar-refractivity contribution in [2.45, 2.75) is 19.5 Å². The summed E-state index contributed by atoms with van der Waals surface area (Å²) < 4.78 is 53.3. The third-order valence-corrected chi connectivity index (χ3v) is 5.52. The van der Waals surface area contributed by atoms with Crippen LogP contribution in [-0.4, -0.2) is 41.6 Å². The summed E-state index contributed by atoms with van der Waals surface area (Å²) >= 11 is 0. The molecule has 0 radical (unpaired) electrons. The molecule has 214 valence electrons. The molecular weight excluding hydrogens is 543 g/mol. The second-order valence-corrected chi connectivity index (χ2v) is 8.49. The van der Waals surface area contributed by atoms with E-state index in [1.165, 1.54) is 18.3 Å². The number of benzene rings is 3. The lowest BCUT2D eigenvalue weighted by molar-refractivity contribution is -0.274. The van der Waals surface area contributed by atoms with Crippen LogP contribution in [0, 0.1) is 0 Å². The van der Waals surface area contributed by atoms with E-state index in [0.717, 1.165) is 17.7 Å². The normalized spacial score (nSPS) is 10.9. The maximum atomic E-state index is 13.0. The molecule has 3 amide bonds. The number of methoxy groups -OCH3 is 1. The Bertz CT molecular complexity index is 1440. The molecule has 13 heteroatoms. The van der Waals surface area contributed by atoms with E-state index in [9.17, 15) is 22.8 Å². The minimum Gasteiger partial charge on any atom is -0.497 e. The van der Waals surface area contributed by atoms with E-state index < -0.39 is 24.1 Å². The Morgan fingerprint density at radius 1 is 0.878 bits per heavy atom. The van der Waals surface area contributed by atoms with Crippen LogP contribution in [-0.2, 0) is 13.1 Å². The number of nitrogens with one attached hydrogen (secondary N) is 3. The number of imidazole rings is 1. The van der Waals surface area contributed by atoms with Crippen molar-refractivity contribution in [2.24, 2.45) is 0 Å². The van der Waals surface area contributed by atoms with Crippen LogP contribution in [0.3, 0.4) is 0 Å². The van der Waals surface area contributed by atoms with E-state index in [1.54, 1.807) is 35.9 Å². The van der Waals surface area contributed by atoms with Crippen LogP contribution in [0.2, 0.25) is 0 Å². The third-order valence-electron chi connectivity index (χ3n) is 5.52. The van der Waals surface area contributed by atoms with Gasteiger partial charge in [0.25, 0.3) is 5.91 Å². The Labute approximate surface area is 233 Å². The van der Waals surface area contributed by atoms with Crippen molar-refractivity contribution in [1.29, 1.82) is 0 Å². The Morgan fingerprint density at radius 2 is 1.56 bits per heavy atom. The molecular formula is C28H26F3N5O5. The molecule has 0 atom stereocenters. The molecule has 0 aliphatic rings. The quantitative estimate of drug-likeness (QED) is 0.222. The second kappa shape index (κ2) is 13.2. The number of rotatable bonds is 11. The zero-order valence-corrected chi connectivity index (χ0v) is 21.8. The fraction of sp³-hybridized carbons (Fsp3) is 0.179. The summed E-state index contributed by atoms with van der Waals surface area (Å²) in [5.41, 5.74) is 1.05. The molecule has 1 aromatic heterocycles. The predicted molar refractivity (Wildman–Crippen MR) is 144 cm³/mol. The molecule has 10 nitrogen and oxygen atoms in total. The number of urea groups is 1. The highest BCUT2D eigenvalue weighted by atomic mass is 19.4. The van der Waals surface area contributed by atoms with Gasteiger partial charge in [-0.3, -0.25) is 10.1 Å². The van der Waals surface area contributed by atoms with Crippen LogP contribution in [0.4, 0.5) is 29.5 Å². The number of carbonyl (C=O) groups excluding carboxylic acids is 2. The van der Waals surface area contributed by atoms with E-state index >= 15 is 0 Å². The topological polar surface area (TPSA) is 116 Å². The third kappa shape index (κ3) is 8.92. The SMILES string of the molecule is COc1ccc(CNC(=O)c2nc(NC(=O)Nc3ccc(OC(F)(F)F)cc3)cn2CCOc2ccccc2)cc1. The van der Waals surface area contributed by atoms with Crippen LogP contribution in [0.1, 0.15) is 16.2 Å². The first kappa shape index (κ1) is 28.8. The van der Waals surface area contributed by atoms with Crippen molar-refractivity contribution in [3.8, 4) is 17.2 Å². The first-order valence-corrected chi connectivity index (χ1v) is 12.3. The average molecular weight is 570 g/mol. The number of hydrogen-bond acceptors (Lipinski definition) is 6. The molecule has 4 aromatic rings. The Balaban J connectivity index is 1.42. The van der Waals surface area contributed by atoms with E-state index in [0.29, 0.717) is 11.5 Å². The van der Waals surface area contributed by atoms with Gasteiger partial charge in [0.05, 0.1) is 13.7 Å². The highest BCUT2D eigenvalue weighted by Crippen LogP contribution is 2.24. The highest BCUT2D eigenvalue weighted by Gasteiger charge is 2.31. The van der Waals surface area contributed by atoms with Crippen LogP contribution in [0.15, 0.2) is 85.1 Å². The van der Waals surface area contributed by atoms with E-state index in [-0.39, 0.29) is 37.0 Å². The fourth-order valence-electron chi connectivity index (χ4n) is 3.63. The van der Waals surface area contributed by atoms with E-state index in [4.69, 9.17) is 9.47 Å². The lowest BCUT2D eigenvalue weighted by Gasteiger charge is -2.10. The van der Waals surface area contributed by atoms with Crippen LogP contribution in [0.5, 0.6) is 17.2 Å². The molecule has 0 bridgehead atoms. The number of alkyl halides is 3. The smallest absolute Gasteiger partial charge is 0.497 e. The fourth-order valence-corrected chi connectivity index (χ4v) is 3.63. The Hall–Kier alpha value is -5.20. The lowest BCUT2D eigenvalue weighted by Crippen LogP contribution is -2.27. The van der Waals surface area contributed by atoms with Gasteiger partial charge >= 0.3 is 12.4 Å². The summed E-state index contributed by atoms with van der Waals surface area (Å²) in [7, 11) is 1.56. The largest absolute Gasteiger partial charge is 0.573 e. The van der Waals surface area contributed by atoms with Gasteiger partial charge in [0, 0.05) is 18.4 Å². The van der Waals surface area contributed by atoms with E-state index in [1.807, 2.05) is 30.3 Å². The predicted octanol–water partition coefficient (Wildman–Crippen LogP) is 5.44. The number of carbonyl (C=O) groups is 2. The number of amides is 3. The molecule has 0 unspecified atom stereocenters. The van der Waals surface area contributed by atoms with Gasteiger partial charge in [-0.25, -0.2) is 9.78 Å². The average Bonchev–Trinajstić information content (AvgIpc) is 3.35. The molecule has 3 N–H and O–H groups in total. The monoisotopic (exact) mass is 569 g/mol. The maximum Gasteiger partial charge on any atom is 0.573 e. The summed E-state index contributed by atoms with van der Waals surface area (Å²) in [6, 6.07) is 20.2. The van der Waals surface area contributed by atoms with Gasteiger partial charge in [-0.05, 0) is 54.1 Å². The van der Waals surface area contributed by atoms with Crippen molar-refractivity contribution < 1.29 is 37.0 Å². The van der Waals surface area contributed by atoms with Crippen LogP contribution >= 0.6 is 0 Å². The van der Waals surface area contributed by atoms with Crippen LogP contribution < -0.4 is 30.2 Å². The van der Waals surface area contributed by atoms with Crippen molar-refractivity contribution in [3.05, 3.63) is 96.4 Å². The molecule has 0 aliphatic heterocycles. The standard InChI is InChI=1S/C28H26F3N5O5/c1-39-21-11-7-19(8-12-21)17-32-26(37)25-34-24(18-36(25)15-16-40-22-5-3-2-4-6-22)35-27(38)33-20-9-13-23(14-10-20)41-28(29,30)31/h2-14,18H,15-17H2,1H3,(H,32,37)(H2,33,35,38). The summed E-state index contributed by atoms with van der Waals surface area (Å²) in [6.45, 7) is 0.696. The number of para-hydroxylation sites is 1. The number of hydrogen-bond donors (Lipinski definition) is 3. The molecule has 0 saturated carbocycles. The molecule has 3 aromatic carbocycles. The molecule has 1 heterocycles. The number of ether oxygens (including phenoxy) is 3. The van der Waals surface area contributed by atoms with Crippen molar-refractivity contribution in [2.75, 3.05) is 24.4 Å². The highest BCUT2D eigenvalue weighted by molar-refractivity contribution is 5.99. The Morgan fingerprint density at radius 3 is 2.22 bits per heavy atom. The van der Waals surface area contributed by atoms with Crippen molar-refractivity contribution in [1.82, 2.24) is 14.9 Å². The van der Waals surface area contributed by atoms with Crippen molar-refractivity contribution >= 4 is 23.4 Å². The summed E-state index contributed by atoms with van der Waals surface area (Å²) in [5.74, 6) is 0.559. The Kier molecular flexibility index (Phi) is 9.30. The first-order valence-electron chi connectivity index (χ1n) is 12.3. The number of nitrogens with zero attached hydrogens (tertiary/aromatic N) is 2. The zero-order chi connectivity index (χ0) is 29.2.